The van der Waals surface area contributed by atoms with E-state index in [0.717, 1.165) is 0 Å². The zero-order valence-corrected chi connectivity index (χ0v) is 10.9. The van der Waals surface area contributed by atoms with Gasteiger partial charge in [0, 0.05) is 12.8 Å². The van der Waals surface area contributed by atoms with Crippen molar-refractivity contribution >= 4 is 6.72 Å². The summed E-state index contributed by atoms with van der Waals surface area (Å²) < 4.78 is 22.3. The lowest BCUT2D eigenvalue weighted by Crippen LogP contribution is -2.77. The molecule has 2 heterocycles. The zero-order valence-electron chi connectivity index (χ0n) is 10.9. The summed E-state index contributed by atoms with van der Waals surface area (Å²) >= 11 is 0. The first-order valence-electron chi connectivity index (χ1n) is 6.53. The molecule has 8 atom stereocenters. The topological polar surface area (TPSA) is 148 Å². The van der Waals surface area contributed by atoms with E-state index >= 15 is 0 Å². The van der Waals surface area contributed by atoms with Gasteiger partial charge >= 0.3 is 0 Å². The lowest BCUT2D eigenvalue weighted by atomic mass is 9.79. The van der Waals surface area contributed by atoms with Crippen LogP contribution in [0.3, 0.4) is 0 Å². The normalized spacial score (nSPS) is 55.7. The van der Waals surface area contributed by atoms with Crippen LogP contribution >= 0.6 is 0 Å². The largest absolute Gasteiger partial charge is 0.361 e. The Labute approximate surface area is 116 Å². The van der Waals surface area contributed by atoms with Crippen LogP contribution in [-0.4, -0.2) is 60.8 Å². The van der Waals surface area contributed by atoms with Crippen LogP contribution in [0.5, 0.6) is 0 Å². The van der Waals surface area contributed by atoms with Gasteiger partial charge in [0.15, 0.2) is 6.23 Å². The molecule has 0 aromatic rings. The maximum Gasteiger partial charge on any atom is 0.227 e. The molecule has 0 bridgehead atoms. The highest BCUT2D eigenvalue weighted by molar-refractivity contribution is 5.24. The fourth-order valence-electron chi connectivity index (χ4n) is 2.85. The smallest absolute Gasteiger partial charge is 0.227 e. The van der Waals surface area contributed by atoms with Crippen LogP contribution < -0.4 is 17.2 Å². The minimum atomic E-state index is -1.72. The van der Waals surface area contributed by atoms with E-state index in [0.29, 0.717) is 6.42 Å². The molecule has 7 N–H and O–H groups in total. The van der Waals surface area contributed by atoms with Gasteiger partial charge in [-0.1, -0.05) is 0 Å². The maximum absolute atomic E-state index is 10.7. The van der Waals surface area contributed by atoms with Crippen LogP contribution in [0.15, 0.2) is 4.99 Å². The van der Waals surface area contributed by atoms with Crippen LogP contribution in [0.2, 0.25) is 0 Å². The van der Waals surface area contributed by atoms with Crippen LogP contribution in [0.4, 0.5) is 0 Å². The minimum Gasteiger partial charge on any atom is -0.361 e. The molecule has 3 rings (SSSR count). The molecular formula is C11H20N4O5. The van der Waals surface area contributed by atoms with Gasteiger partial charge in [-0.2, -0.15) is 0 Å². The number of fused-ring (bicyclic) bond motifs is 4. The third kappa shape index (κ3) is 2.16. The second-order valence-electron chi connectivity index (χ2n) is 5.31. The Kier molecular flexibility index (Phi) is 3.55. The molecule has 0 aromatic carbocycles. The first-order chi connectivity index (χ1) is 9.44. The molecule has 0 aromatic heterocycles. The average molecular weight is 288 g/mol. The van der Waals surface area contributed by atoms with Crippen LogP contribution in [0.1, 0.15) is 12.8 Å². The molecule has 0 radical (unpaired) electrons. The third-order valence-corrected chi connectivity index (χ3v) is 3.81. The molecule has 6 unspecified atom stereocenters. The van der Waals surface area contributed by atoms with Gasteiger partial charge in [-0.05, 0) is 6.72 Å². The summed E-state index contributed by atoms with van der Waals surface area (Å²) in [6, 6.07) is 0. The molecule has 1 aliphatic carbocycles. The van der Waals surface area contributed by atoms with Crippen LogP contribution in [0.25, 0.3) is 0 Å². The van der Waals surface area contributed by atoms with Crippen LogP contribution in [-0.2, 0) is 18.9 Å². The van der Waals surface area contributed by atoms with E-state index in [-0.39, 0.29) is 6.42 Å². The zero-order chi connectivity index (χ0) is 14.5. The molecule has 9 heteroatoms. The highest BCUT2D eigenvalue weighted by Crippen LogP contribution is 2.46. The summed E-state index contributed by atoms with van der Waals surface area (Å²) in [7, 11) is 0. The van der Waals surface area contributed by atoms with E-state index in [2.05, 4.69) is 11.7 Å². The Balaban J connectivity index is 1.86. The van der Waals surface area contributed by atoms with Crippen molar-refractivity contribution in [1.82, 2.24) is 0 Å². The quantitative estimate of drug-likeness (QED) is 0.389. The fraction of sp³-hybridized carbons (Fsp3) is 0.909. The first-order valence-corrected chi connectivity index (χ1v) is 6.53. The molecule has 20 heavy (non-hydrogen) atoms. The van der Waals surface area contributed by atoms with Crippen molar-refractivity contribution in [3.05, 3.63) is 0 Å². The number of nitrogens with zero attached hydrogens (tertiary/aromatic N) is 1. The van der Waals surface area contributed by atoms with Gasteiger partial charge in [0.25, 0.3) is 0 Å². The van der Waals surface area contributed by atoms with Gasteiger partial charge < -0.3 is 41.3 Å². The van der Waals surface area contributed by atoms with Crippen LogP contribution in [0, 0.1) is 0 Å². The summed E-state index contributed by atoms with van der Waals surface area (Å²) in [4.78, 5) is 3.77. The SMILES string of the molecule is C=NC1CC(N)O[C@@H]2C3OC(N)CC(N)O[C@H]3C2(O)O1. The van der Waals surface area contributed by atoms with Gasteiger partial charge in [0.2, 0.25) is 5.79 Å². The Hall–Kier alpha value is -0.650. The summed E-state index contributed by atoms with van der Waals surface area (Å²) in [5, 5.41) is 10.7. The number of rotatable bonds is 1. The molecule has 0 amide bonds. The van der Waals surface area contributed by atoms with E-state index in [1.807, 2.05) is 0 Å². The standard InChI is InChI=1S/C11H20N4O5/c1-15-7-3-6(14)19-10-8-9(11(10,16)20-7)18-5(13)2-4(12)17-8/h4-10,16H,1-3,12-14H2/t4?,5?,6?,7?,8?,9-,10-,11?/m1/s1. The Morgan fingerprint density at radius 2 is 1.55 bits per heavy atom. The highest BCUT2D eigenvalue weighted by Gasteiger charge is 2.69. The third-order valence-electron chi connectivity index (χ3n) is 3.81. The maximum atomic E-state index is 10.7. The molecule has 3 fully saturated rings. The Morgan fingerprint density at radius 1 is 1.00 bits per heavy atom. The highest BCUT2D eigenvalue weighted by atomic mass is 16.7. The summed E-state index contributed by atoms with van der Waals surface area (Å²) in [5.41, 5.74) is 17.4. The van der Waals surface area contributed by atoms with E-state index < -0.39 is 49.0 Å². The second-order valence-corrected chi connectivity index (χ2v) is 5.31. The monoisotopic (exact) mass is 288 g/mol. The van der Waals surface area contributed by atoms with Crippen molar-refractivity contribution in [3.8, 4) is 0 Å². The van der Waals surface area contributed by atoms with Crippen molar-refractivity contribution in [3.63, 3.8) is 0 Å². The van der Waals surface area contributed by atoms with E-state index in [4.69, 9.17) is 36.1 Å². The Morgan fingerprint density at radius 3 is 2.15 bits per heavy atom. The van der Waals surface area contributed by atoms with Crippen molar-refractivity contribution < 1.29 is 24.1 Å². The molecule has 3 aliphatic rings. The molecular weight excluding hydrogens is 268 g/mol. The van der Waals surface area contributed by atoms with Crippen molar-refractivity contribution in [1.29, 1.82) is 0 Å². The number of nitrogens with two attached hydrogens (primary N) is 3. The minimum absolute atomic E-state index is 0.278. The number of ether oxygens (including phenoxy) is 4. The summed E-state index contributed by atoms with van der Waals surface area (Å²) in [6.45, 7) is 3.41. The van der Waals surface area contributed by atoms with E-state index in [1.165, 1.54) is 0 Å². The van der Waals surface area contributed by atoms with E-state index in [1.54, 1.807) is 0 Å². The molecule has 2 aliphatic heterocycles. The van der Waals surface area contributed by atoms with Gasteiger partial charge in [-0.15, -0.1) is 0 Å². The predicted octanol–water partition coefficient (Wildman–Crippen LogP) is -2.45. The van der Waals surface area contributed by atoms with Crippen molar-refractivity contribution in [2.24, 2.45) is 22.2 Å². The number of aliphatic imine (C=N–C) groups is 1. The lowest BCUT2D eigenvalue weighted by Gasteiger charge is -2.54. The van der Waals surface area contributed by atoms with Gasteiger partial charge in [-0.25, -0.2) is 0 Å². The second kappa shape index (κ2) is 4.97. The van der Waals surface area contributed by atoms with Crippen molar-refractivity contribution in [2.45, 2.75) is 61.9 Å². The molecule has 1 saturated carbocycles. The average Bonchev–Trinajstić information content (AvgIpc) is 2.59. The van der Waals surface area contributed by atoms with Gasteiger partial charge in [-0.3, -0.25) is 4.99 Å². The number of aliphatic hydroxyl groups is 1. The van der Waals surface area contributed by atoms with Gasteiger partial charge in [0.1, 0.15) is 37.0 Å². The lowest BCUT2D eigenvalue weighted by molar-refractivity contribution is -0.411. The van der Waals surface area contributed by atoms with Crippen molar-refractivity contribution in [2.75, 3.05) is 0 Å². The number of hydrogen-bond donors (Lipinski definition) is 4. The molecule has 9 nitrogen and oxygen atoms in total. The Bertz CT molecular complexity index is 391. The predicted molar refractivity (Wildman–Crippen MR) is 67.2 cm³/mol. The summed E-state index contributed by atoms with van der Waals surface area (Å²) in [5.74, 6) is -1.72. The molecule has 114 valence electrons. The number of hydrogen-bond acceptors (Lipinski definition) is 9. The first kappa shape index (κ1) is 14.3. The molecule has 2 saturated heterocycles. The van der Waals surface area contributed by atoms with Gasteiger partial charge in [0.05, 0.1) is 0 Å². The van der Waals surface area contributed by atoms with E-state index in [9.17, 15) is 5.11 Å². The summed E-state index contributed by atoms with van der Waals surface area (Å²) in [6.07, 6.45) is -4.18. The molecule has 0 spiro atoms. The fourth-order valence-corrected chi connectivity index (χ4v) is 2.85.